The molecule has 94 valence electrons. The number of hydrogen-bond donors (Lipinski definition) is 0. The quantitative estimate of drug-likeness (QED) is 0.674. The zero-order chi connectivity index (χ0) is 12.7. The molecule has 0 saturated heterocycles. The van der Waals surface area contributed by atoms with E-state index in [-0.39, 0.29) is 11.3 Å². The zero-order valence-electron chi connectivity index (χ0n) is 9.82. The Morgan fingerprint density at radius 3 is 2.94 bits per heavy atom. The summed E-state index contributed by atoms with van der Waals surface area (Å²) in [5.41, 5.74) is 2.47. The maximum absolute atomic E-state index is 6.64. The molecule has 4 heteroatoms. The maximum atomic E-state index is 6.64. The molecule has 2 unspecified atom stereocenters. The van der Waals surface area contributed by atoms with Crippen molar-refractivity contribution in [3.05, 3.63) is 50.1 Å². The minimum atomic E-state index is -0.0244. The summed E-state index contributed by atoms with van der Waals surface area (Å²) in [6, 6.07) is 10.3. The van der Waals surface area contributed by atoms with Crippen molar-refractivity contribution in [2.45, 2.75) is 18.2 Å². The number of alkyl halides is 1. The van der Waals surface area contributed by atoms with Gasteiger partial charge in [0.2, 0.25) is 0 Å². The van der Waals surface area contributed by atoms with E-state index in [9.17, 15) is 0 Å². The van der Waals surface area contributed by atoms with Gasteiger partial charge in [0, 0.05) is 16.4 Å². The third kappa shape index (κ3) is 2.09. The first-order valence-electron chi connectivity index (χ1n) is 5.78. The summed E-state index contributed by atoms with van der Waals surface area (Å²) in [7, 11) is 0. The lowest BCUT2D eigenvalue weighted by Crippen LogP contribution is -2.06. The monoisotopic (exact) mass is 342 g/mol. The second-order valence-electron chi connectivity index (χ2n) is 4.46. The van der Waals surface area contributed by atoms with E-state index >= 15 is 0 Å². The van der Waals surface area contributed by atoms with Crippen molar-refractivity contribution >= 4 is 38.9 Å². The third-order valence-corrected chi connectivity index (χ3v) is 6.13. The number of rotatable bonds is 2. The van der Waals surface area contributed by atoms with Crippen molar-refractivity contribution in [2.75, 3.05) is 6.61 Å². The fourth-order valence-electron chi connectivity index (χ4n) is 2.25. The minimum absolute atomic E-state index is 0.0244. The van der Waals surface area contributed by atoms with E-state index in [1.807, 2.05) is 18.2 Å². The average molecular weight is 344 g/mol. The number of halogens is 2. The minimum Gasteiger partial charge on any atom is -0.493 e. The summed E-state index contributed by atoms with van der Waals surface area (Å²) in [5.74, 6) is 1.22. The number of thiophene rings is 1. The molecule has 0 spiro atoms. The number of aryl methyl sites for hydroxylation is 1. The van der Waals surface area contributed by atoms with E-state index in [1.165, 1.54) is 16.0 Å². The summed E-state index contributed by atoms with van der Waals surface area (Å²) >= 11 is 11.9. The number of ether oxygens (including phenoxy) is 1. The molecule has 1 aromatic heterocycles. The summed E-state index contributed by atoms with van der Waals surface area (Å²) in [6.45, 7) is 2.76. The van der Waals surface area contributed by atoms with Crippen LogP contribution in [-0.2, 0) is 0 Å². The van der Waals surface area contributed by atoms with Gasteiger partial charge >= 0.3 is 0 Å². The molecule has 18 heavy (non-hydrogen) atoms. The van der Waals surface area contributed by atoms with Gasteiger partial charge in [-0.25, -0.2) is 0 Å². The topological polar surface area (TPSA) is 9.23 Å². The summed E-state index contributed by atoms with van der Waals surface area (Å²) < 4.78 is 6.86. The van der Waals surface area contributed by atoms with Gasteiger partial charge in [0.25, 0.3) is 0 Å². The highest BCUT2D eigenvalue weighted by molar-refractivity contribution is 9.11. The largest absolute Gasteiger partial charge is 0.493 e. The number of fused-ring (bicyclic) bond motifs is 1. The molecule has 0 amide bonds. The Kier molecular flexibility index (Phi) is 3.39. The Hall–Kier alpha value is -0.510. The van der Waals surface area contributed by atoms with Crippen LogP contribution >= 0.6 is 38.9 Å². The van der Waals surface area contributed by atoms with Gasteiger partial charge in [-0.3, -0.25) is 0 Å². The molecular weight excluding hydrogens is 332 g/mol. The Balaban J connectivity index is 1.92. The molecule has 2 atom stereocenters. The fourth-order valence-corrected chi connectivity index (χ4v) is 4.27. The van der Waals surface area contributed by atoms with Gasteiger partial charge in [-0.1, -0.05) is 18.2 Å². The molecule has 0 fully saturated rings. The van der Waals surface area contributed by atoms with E-state index in [1.54, 1.807) is 11.3 Å². The Morgan fingerprint density at radius 2 is 2.22 bits per heavy atom. The highest BCUT2D eigenvalue weighted by Gasteiger charge is 2.32. The average Bonchev–Trinajstić information content (AvgIpc) is 2.93. The predicted molar refractivity (Wildman–Crippen MR) is 80.0 cm³/mol. The highest BCUT2D eigenvalue weighted by Crippen LogP contribution is 2.47. The zero-order valence-corrected chi connectivity index (χ0v) is 13.0. The van der Waals surface area contributed by atoms with Gasteiger partial charge in [0.1, 0.15) is 5.75 Å². The molecule has 0 bridgehead atoms. The van der Waals surface area contributed by atoms with Gasteiger partial charge in [-0.2, -0.15) is 0 Å². The van der Waals surface area contributed by atoms with Crippen molar-refractivity contribution in [1.82, 2.24) is 0 Å². The molecule has 0 saturated carbocycles. The van der Waals surface area contributed by atoms with Crippen LogP contribution in [0, 0.1) is 6.92 Å². The van der Waals surface area contributed by atoms with Crippen LogP contribution in [0.4, 0.5) is 0 Å². The molecule has 3 rings (SSSR count). The normalized spacial score (nSPS) is 19.4. The first kappa shape index (κ1) is 12.5. The first-order valence-corrected chi connectivity index (χ1v) is 7.83. The van der Waals surface area contributed by atoms with Crippen LogP contribution in [0.2, 0.25) is 0 Å². The van der Waals surface area contributed by atoms with E-state index in [2.05, 4.69) is 35.0 Å². The summed E-state index contributed by atoms with van der Waals surface area (Å²) in [5, 5.41) is -0.0244. The number of para-hydroxylation sites is 1. The molecule has 0 aliphatic carbocycles. The van der Waals surface area contributed by atoms with E-state index in [0.717, 1.165) is 9.54 Å². The predicted octanol–water partition coefficient (Wildman–Crippen LogP) is 5.28. The molecule has 1 nitrogen and oxygen atoms in total. The number of benzene rings is 1. The van der Waals surface area contributed by atoms with Gasteiger partial charge in [-0.15, -0.1) is 22.9 Å². The Bertz CT molecular complexity index is 561. The van der Waals surface area contributed by atoms with Crippen molar-refractivity contribution in [1.29, 1.82) is 0 Å². The van der Waals surface area contributed by atoms with Crippen molar-refractivity contribution in [3.8, 4) is 5.75 Å². The van der Waals surface area contributed by atoms with Crippen LogP contribution in [-0.4, -0.2) is 6.61 Å². The lowest BCUT2D eigenvalue weighted by Gasteiger charge is -2.14. The molecule has 1 aromatic carbocycles. The van der Waals surface area contributed by atoms with Crippen LogP contribution in [0.25, 0.3) is 0 Å². The summed E-state index contributed by atoms with van der Waals surface area (Å²) in [6.07, 6.45) is 0. The molecule has 0 radical (unpaired) electrons. The highest BCUT2D eigenvalue weighted by atomic mass is 79.9. The third-order valence-electron chi connectivity index (χ3n) is 3.24. The molecular formula is C14H12BrClOS. The van der Waals surface area contributed by atoms with Crippen molar-refractivity contribution in [2.24, 2.45) is 0 Å². The van der Waals surface area contributed by atoms with Crippen molar-refractivity contribution in [3.63, 3.8) is 0 Å². The Labute approximate surface area is 124 Å². The van der Waals surface area contributed by atoms with Gasteiger partial charge in [-0.05, 0) is 40.5 Å². The van der Waals surface area contributed by atoms with Crippen LogP contribution in [0.1, 0.15) is 27.3 Å². The molecule has 1 aliphatic rings. The lowest BCUT2D eigenvalue weighted by molar-refractivity contribution is 0.328. The van der Waals surface area contributed by atoms with Crippen LogP contribution in [0.3, 0.4) is 0 Å². The van der Waals surface area contributed by atoms with Gasteiger partial charge in [0.05, 0.1) is 15.8 Å². The smallest absolute Gasteiger partial charge is 0.122 e. The van der Waals surface area contributed by atoms with Crippen molar-refractivity contribution < 1.29 is 4.74 Å². The molecule has 1 aliphatic heterocycles. The fraction of sp³-hybridized carbons (Fsp3) is 0.286. The Morgan fingerprint density at radius 1 is 1.44 bits per heavy atom. The van der Waals surface area contributed by atoms with E-state index in [0.29, 0.717) is 6.61 Å². The van der Waals surface area contributed by atoms with Gasteiger partial charge in [0.15, 0.2) is 0 Å². The molecule has 2 heterocycles. The van der Waals surface area contributed by atoms with E-state index in [4.69, 9.17) is 16.3 Å². The van der Waals surface area contributed by atoms with E-state index < -0.39 is 0 Å². The second kappa shape index (κ2) is 4.87. The number of hydrogen-bond acceptors (Lipinski definition) is 2. The summed E-state index contributed by atoms with van der Waals surface area (Å²) in [4.78, 5) is 1.20. The lowest BCUT2D eigenvalue weighted by atomic mass is 9.96. The second-order valence-corrected chi connectivity index (χ2v) is 7.33. The molecule has 0 N–H and O–H groups in total. The van der Waals surface area contributed by atoms with Crippen LogP contribution < -0.4 is 4.74 Å². The molecule has 2 aromatic rings. The first-order chi connectivity index (χ1) is 8.66. The van der Waals surface area contributed by atoms with Gasteiger partial charge < -0.3 is 4.74 Å². The SMILES string of the molecule is Cc1cc(C(Cl)C2COc3ccccc32)sc1Br. The maximum Gasteiger partial charge on any atom is 0.122 e. The van der Waals surface area contributed by atoms with Crippen LogP contribution in [0.15, 0.2) is 34.1 Å². The standard InChI is InChI=1S/C14H12BrClOS/c1-8-6-12(18-14(8)15)13(16)10-7-17-11-5-3-2-4-9(10)11/h2-6,10,13H,7H2,1H3. The van der Waals surface area contributed by atoms with Crippen LogP contribution in [0.5, 0.6) is 5.75 Å².